The molecule has 0 aliphatic heterocycles. The molecule has 3 heteroatoms. The lowest BCUT2D eigenvalue weighted by atomic mass is 9.85. The molecule has 3 nitrogen and oxygen atoms in total. The van der Waals surface area contributed by atoms with Gasteiger partial charge in [0.15, 0.2) is 0 Å². The van der Waals surface area contributed by atoms with E-state index in [0.717, 1.165) is 18.4 Å². The van der Waals surface area contributed by atoms with Crippen LogP contribution in [0, 0.1) is 5.92 Å². The molecule has 0 aliphatic rings. The Morgan fingerprint density at radius 3 is 2.20 bits per heavy atom. The number of rotatable bonds is 5. The van der Waals surface area contributed by atoms with Gasteiger partial charge >= 0.3 is 0 Å². The second-order valence-corrected chi connectivity index (χ2v) is 5.44. The minimum Gasteiger partial charge on any atom is -0.508 e. The first-order chi connectivity index (χ1) is 9.56. The number of phenolic OH excluding ortho intramolecular Hbond substituents is 2. The van der Waals surface area contributed by atoms with Gasteiger partial charge in [-0.15, -0.1) is 0 Å². The summed E-state index contributed by atoms with van der Waals surface area (Å²) in [7, 11) is 0. The molecular weight excluding hydrogens is 250 g/mol. The third-order valence-corrected chi connectivity index (χ3v) is 3.94. The fourth-order valence-corrected chi connectivity index (χ4v) is 2.40. The van der Waals surface area contributed by atoms with Crippen molar-refractivity contribution < 1.29 is 10.2 Å². The lowest BCUT2D eigenvalue weighted by Crippen LogP contribution is -2.07. The number of aromatic nitrogens is 1. The Balaban J connectivity index is 1.99. The van der Waals surface area contributed by atoms with E-state index in [0.29, 0.717) is 5.92 Å². The van der Waals surface area contributed by atoms with Crippen LogP contribution >= 0.6 is 0 Å². The molecule has 1 heterocycles. The van der Waals surface area contributed by atoms with Gasteiger partial charge in [-0.2, -0.15) is 0 Å². The topological polar surface area (TPSA) is 53.4 Å². The summed E-state index contributed by atoms with van der Waals surface area (Å²) >= 11 is 0. The number of nitrogens with zero attached hydrogens (tertiary/aromatic N) is 1. The lowest BCUT2D eigenvalue weighted by molar-refractivity contribution is 0.432. The molecule has 0 aliphatic carbocycles. The summed E-state index contributed by atoms with van der Waals surface area (Å²) in [5.41, 5.74) is 2.27. The van der Waals surface area contributed by atoms with Crippen molar-refractivity contribution in [3.63, 3.8) is 0 Å². The molecule has 0 saturated carbocycles. The maximum Gasteiger partial charge on any atom is 0.119 e. The molecule has 0 fully saturated rings. The Kier molecular flexibility index (Phi) is 4.61. The van der Waals surface area contributed by atoms with Gasteiger partial charge < -0.3 is 10.2 Å². The van der Waals surface area contributed by atoms with Crippen LogP contribution in [0.15, 0.2) is 42.7 Å². The smallest absolute Gasteiger partial charge is 0.119 e. The number of hydrogen-bond donors (Lipinski definition) is 2. The Bertz CT molecular complexity index is 534. The first-order valence-electron chi connectivity index (χ1n) is 6.98. The zero-order chi connectivity index (χ0) is 14.5. The summed E-state index contributed by atoms with van der Waals surface area (Å²) in [6.07, 6.45) is 5.70. The molecule has 0 bridgehead atoms. The van der Waals surface area contributed by atoms with Gasteiger partial charge in [0.05, 0.1) is 0 Å². The van der Waals surface area contributed by atoms with Crippen LogP contribution in [-0.2, 0) is 6.42 Å². The fraction of sp³-hybridized carbons (Fsp3) is 0.353. The van der Waals surface area contributed by atoms with Crippen LogP contribution in [0.25, 0.3) is 0 Å². The number of aromatic hydroxyl groups is 2. The van der Waals surface area contributed by atoms with Crippen LogP contribution in [0.2, 0.25) is 0 Å². The van der Waals surface area contributed by atoms with Crippen molar-refractivity contribution >= 4 is 0 Å². The average molecular weight is 271 g/mol. The van der Waals surface area contributed by atoms with E-state index in [1.54, 1.807) is 12.1 Å². The first-order valence-corrected chi connectivity index (χ1v) is 6.98. The quantitative estimate of drug-likeness (QED) is 0.868. The monoisotopic (exact) mass is 271 g/mol. The van der Waals surface area contributed by atoms with E-state index in [1.165, 1.54) is 11.6 Å². The third-order valence-electron chi connectivity index (χ3n) is 3.94. The van der Waals surface area contributed by atoms with Gasteiger partial charge in [0.1, 0.15) is 11.5 Å². The van der Waals surface area contributed by atoms with E-state index >= 15 is 0 Å². The molecule has 1 aromatic carbocycles. The maximum absolute atomic E-state index is 9.57. The predicted octanol–water partition coefficient (Wildman–Crippen LogP) is 3.87. The van der Waals surface area contributed by atoms with E-state index in [-0.39, 0.29) is 17.4 Å². The molecule has 2 atom stereocenters. The highest BCUT2D eigenvalue weighted by molar-refractivity contribution is 5.38. The van der Waals surface area contributed by atoms with E-state index in [1.807, 2.05) is 24.5 Å². The average Bonchev–Trinajstić information content (AvgIpc) is 2.44. The highest BCUT2D eigenvalue weighted by Gasteiger charge is 2.15. The van der Waals surface area contributed by atoms with Gasteiger partial charge in [-0.1, -0.05) is 13.8 Å². The SMILES string of the molecule is C[C@@H](CCc1ccncc1)[C@@H](C)c1cc(O)cc(O)c1. The standard InChI is InChI=1S/C17H21NO2/c1-12(3-4-14-5-7-18-8-6-14)13(2)15-9-16(19)11-17(20)10-15/h5-13,19-20H,3-4H2,1-2H3/t12-,13+/m0/s1. The maximum atomic E-state index is 9.57. The second-order valence-electron chi connectivity index (χ2n) is 5.44. The van der Waals surface area contributed by atoms with Gasteiger partial charge in [-0.05, 0) is 60.1 Å². The Morgan fingerprint density at radius 2 is 1.60 bits per heavy atom. The van der Waals surface area contributed by atoms with Crippen molar-refractivity contribution in [2.24, 2.45) is 5.92 Å². The molecule has 106 valence electrons. The van der Waals surface area contributed by atoms with Crippen molar-refractivity contribution in [3.05, 3.63) is 53.9 Å². The molecule has 2 rings (SSSR count). The number of hydrogen-bond acceptors (Lipinski definition) is 3. The second kappa shape index (κ2) is 6.42. The summed E-state index contributed by atoms with van der Waals surface area (Å²) in [5.74, 6) is 0.987. The molecule has 0 saturated heterocycles. The zero-order valence-electron chi connectivity index (χ0n) is 12.0. The lowest BCUT2D eigenvalue weighted by Gasteiger charge is -2.20. The summed E-state index contributed by atoms with van der Waals surface area (Å²) in [4.78, 5) is 4.02. The molecule has 20 heavy (non-hydrogen) atoms. The summed E-state index contributed by atoms with van der Waals surface area (Å²) < 4.78 is 0. The molecule has 0 amide bonds. The van der Waals surface area contributed by atoms with Gasteiger partial charge in [0.2, 0.25) is 0 Å². The Morgan fingerprint density at radius 1 is 1.00 bits per heavy atom. The highest BCUT2D eigenvalue weighted by atomic mass is 16.3. The minimum atomic E-state index is 0.119. The van der Waals surface area contributed by atoms with Gasteiger partial charge in [-0.25, -0.2) is 0 Å². The summed E-state index contributed by atoms with van der Waals surface area (Å²) in [6.45, 7) is 4.33. The van der Waals surface area contributed by atoms with Crippen molar-refractivity contribution in [2.75, 3.05) is 0 Å². The molecule has 1 aromatic heterocycles. The van der Waals surface area contributed by atoms with Crippen molar-refractivity contribution in [1.82, 2.24) is 4.98 Å². The van der Waals surface area contributed by atoms with Gasteiger partial charge in [0, 0.05) is 18.5 Å². The Hall–Kier alpha value is -2.03. The molecule has 0 spiro atoms. The van der Waals surface area contributed by atoms with Crippen LogP contribution < -0.4 is 0 Å². The van der Waals surface area contributed by atoms with Crippen molar-refractivity contribution in [1.29, 1.82) is 0 Å². The van der Waals surface area contributed by atoms with Crippen LogP contribution in [0.4, 0.5) is 0 Å². The van der Waals surface area contributed by atoms with Gasteiger partial charge in [0.25, 0.3) is 0 Å². The molecular formula is C17H21NO2. The molecule has 0 unspecified atom stereocenters. The molecule has 2 aromatic rings. The summed E-state index contributed by atoms with van der Waals surface area (Å²) in [6, 6.07) is 8.90. The predicted molar refractivity (Wildman–Crippen MR) is 79.9 cm³/mol. The van der Waals surface area contributed by atoms with E-state index in [4.69, 9.17) is 0 Å². The van der Waals surface area contributed by atoms with Crippen LogP contribution in [-0.4, -0.2) is 15.2 Å². The highest BCUT2D eigenvalue weighted by Crippen LogP contribution is 2.32. The summed E-state index contributed by atoms with van der Waals surface area (Å²) in [5, 5.41) is 19.1. The third kappa shape index (κ3) is 3.73. The molecule has 2 N–H and O–H groups in total. The number of pyridine rings is 1. The number of phenols is 2. The number of aryl methyl sites for hydroxylation is 1. The van der Waals surface area contributed by atoms with E-state index < -0.39 is 0 Å². The van der Waals surface area contributed by atoms with Crippen LogP contribution in [0.3, 0.4) is 0 Å². The first kappa shape index (κ1) is 14.4. The van der Waals surface area contributed by atoms with Crippen molar-refractivity contribution in [2.45, 2.75) is 32.6 Å². The normalized spacial score (nSPS) is 13.9. The van der Waals surface area contributed by atoms with Crippen molar-refractivity contribution in [3.8, 4) is 11.5 Å². The number of benzene rings is 1. The minimum absolute atomic E-state index is 0.119. The van der Waals surface area contributed by atoms with E-state index in [9.17, 15) is 10.2 Å². The molecule has 0 radical (unpaired) electrons. The fourth-order valence-electron chi connectivity index (χ4n) is 2.40. The Labute approximate surface area is 119 Å². The van der Waals surface area contributed by atoms with E-state index in [2.05, 4.69) is 18.8 Å². The van der Waals surface area contributed by atoms with Crippen LogP contribution in [0.1, 0.15) is 37.3 Å². The zero-order valence-corrected chi connectivity index (χ0v) is 12.0. The van der Waals surface area contributed by atoms with Crippen LogP contribution in [0.5, 0.6) is 11.5 Å². The largest absolute Gasteiger partial charge is 0.508 e. The van der Waals surface area contributed by atoms with Gasteiger partial charge in [-0.3, -0.25) is 4.98 Å².